The van der Waals surface area contributed by atoms with Crippen LogP contribution in [-0.4, -0.2) is 16.4 Å². The topological polar surface area (TPSA) is 9.23 Å². The molecule has 1 aromatic carbocycles. The van der Waals surface area contributed by atoms with Crippen LogP contribution in [0.25, 0.3) is 6.08 Å². The Balaban J connectivity index is 0.000000980. The molecular formula is C11H13NaOSi. The quantitative estimate of drug-likeness (QED) is 0.615. The molecule has 0 saturated carbocycles. The van der Waals surface area contributed by atoms with E-state index in [0.29, 0.717) is 15.3 Å². The van der Waals surface area contributed by atoms with Crippen molar-refractivity contribution in [3.63, 3.8) is 0 Å². The predicted octanol–water partition coefficient (Wildman–Crippen LogP) is -0.473. The molecule has 1 atom stereocenters. The van der Waals surface area contributed by atoms with Crippen LogP contribution in [0.2, 0.25) is 0 Å². The first-order valence-corrected chi connectivity index (χ1v) is 5.55. The van der Waals surface area contributed by atoms with Gasteiger partial charge in [0.15, 0.2) is 0 Å². The first kappa shape index (κ1) is 12.2. The number of hydrogen-bond acceptors (Lipinski definition) is 1. The van der Waals surface area contributed by atoms with Gasteiger partial charge in [0.2, 0.25) is 9.76 Å². The summed E-state index contributed by atoms with van der Waals surface area (Å²) in [4.78, 5) is 0. The van der Waals surface area contributed by atoms with Crippen molar-refractivity contribution in [3.8, 4) is 0 Å². The number of rotatable bonds is 3. The van der Waals surface area contributed by atoms with Gasteiger partial charge in [-0.2, -0.15) is 0 Å². The molecule has 0 heterocycles. The number of allylic oxidation sites excluding steroid dienone is 1. The normalized spacial score (nSPS) is 17.6. The summed E-state index contributed by atoms with van der Waals surface area (Å²) in [5, 5.41) is 0. The smallest absolute Gasteiger partial charge is 1.00 e. The SMILES string of the molecule is CCO[Si]C1C=Cc2ccccc21.[H-].[Na+]. The molecule has 0 aromatic heterocycles. The minimum absolute atomic E-state index is 0. The van der Waals surface area contributed by atoms with Gasteiger partial charge in [-0.3, -0.25) is 0 Å². The second kappa shape index (κ2) is 5.88. The van der Waals surface area contributed by atoms with E-state index < -0.39 is 0 Å². The van der Waals surface area contributed by atoms with Crippen molar-refractivity contribution in [2.24, 2.45) is 0 Å². The molecule has 2 radical (unpaired) electrons. The molecule has 1 nitrogen and oxygen atoms in total. The fraction of sp³-hybridized carbons (Fsp3) is 0.273. The van der Waals surface area contributed by atoms with Crippen molar-refractivity contribution in [2.75, 3.05) is 6.61 Å². The molecule has 0 bridgehead atoms. The second-order valence-corrected chi connectivity index (χ2v) is 4.16. The molecule has 14 heavy (non-hydrogen) atoms. The van der Waals surface area contributed by atoms with Gasteiger partial charge in [-0.1, -0.05) is 36.4 Å². The maximum absolute atomic E-state index is 5.45. The van der Waals surface area contributed by atoms with E-state index in [-0.39, 0.29) is 31.0 Å². The molecule has 1 aliphatic rings. The fourth-order valence-electron chi connectivity index (χ4n) is 1.53. The van der Waals surface area contributed by atoms with Crippen LogP contribution < -0.4 is 29.6 Å². The maximum Gasteiger partial charge on any atom is 1.00 e. The first-order chi connectivity index (χ1) is 6.42. The van der Waals surface area contributed by atoms with Crippen molar-refractivity contribution in [1.82, 2.24) is 0 Å². The Labute approximate surface area is 111 Å². The van der Waals surface area contributed by atoms with Crippen LogP contribution in [0.4, 0.5) is 0 Å². The molecular weight excluding hydrogens is 199 g/mol. The van der Waals surface area contributed by atoms with E-state index in [1.54, 1.807) is 0 Å². The first-order valence-electron chi connectivity index (χ1n) is 4.56. The minimum atomic E-state index is 0. The van der Waals surface area contributed by atoms with E-state index in [4.69, 9.17) is 4.43 Å². The molecule has 68 valence electrons. The Hall–Kier alpha value is 0.137. The standard InChI is InChI=1S/C11H12OSi.Na.H/c1-2-12-13-11-8-7-9-5-3-4-6-10(9)11;;/h3-8,11H,2H2,1H3;;/q;+1;-1. The summed E-state index contributed by atoms with van der Waals surface area (Å²) in [6.45, 7) is 2.85. The van der Waals surface area contributed by atoms with E-state index in [0.717, 1.165) is 6.61 Å². The van der Waals surface area contributed by atoms with Crippen molar-refractivity contribution >= 4 is 15.8 Å². The zero-order valence-corrected chi connectivity index (χ0v) is 11.7. The molecule has 1 unspecified atom stereocenters. The molecule has 0 N–H and O–H groups in total. The Morgan fingerprint density at radius 1 is 1.43 bits per heavy atom. The van der Waals surface area contributed by atoms with Crippen molar-refractivity contribution in [3.05, 3.63) is 41.5 Å². The van der Waals surface area contributed by atoms with Crippen molar-refractivity contribution < 1.29 is 35.4 Å². The van der Waals surface area contributed by atoms with Crippen LogP contribution in [0.5, 0.6) is 0 Å². The largest absolute Gasteiger partial charge is 1.00 e. The van der Waals surface area contributed by atoms with Crippen LogP contribution in [0, 0.1) is 0 Å². The van der Waals surface area contributed by atoms with Gasteiger partial charge < -0.3 is 5.85 Å². The summed E-state index contributed by atoms with van der Waals surface area (Å²) in [7, 11) is 0.566. The van der Waals surface area contributed by atoms with Crippen molar-refractivity contribution in [1.29, 1.82) is 0 Å². The second-order valence-electron chi connectivity index (χ2n) is 3.02. The Bertz CT molecular complexity index is 330. The van der Waals surface area contributed by atoms with Crippen LogP contribution in [-0.2, 0) is 4.43 Å². The van der Waals surface area contributed by atoms with Gasteiger partial charge >= 0.3 is 29.6 Å². The summed E-state index contributed by atoms with van der Waals surface area (Å²) in [6.07, 6.45) is 4.42. The zero-order valence-electron chi connectivity index (χ0n) is 9.66. The molecule has 3 heteroatoms. The van der Waals surface area contributed by atoms with Crippen LogP contribution in [0.1, 0.15) is 25.0 Å². The molecule has 0 amide bonds. The minimum Gasteiger partial charge on any atom is -1.00 e. The van der Waals surface area contributed by atoms with Crippen LogP contribution in [0.3, 0.4) is 0 Å². The Kier molecular flexibility index (Phi) is 5.13. The maximum atomic E-state index is 5.45. The average Bonchev–Trinajstić information content (AvgIpc) is 2.58. The molecule has 0 spiro atoms. The van der Waals surface area contributed by atoms with E-state index >= 15 is 0 Å². The summed E-state index contributed by atoms with van der Waals surface area (Å²) in [5.74, 6) is 0. The number of fused-ring (bicyclic) bond motifs is 1. The molecule has 0 fully saturated rings. The number of benzene rings is 1. The van der Waals surface area contributed by atoms with Crippen LogP contribution >= 0.6 is 0 Å². The average molecular weight is 212 g/mol. The zero-order chi connectivity index (χ0) is 9.10. The number of hydrogen-bond donors (Lipinski definition) is 0. The third-order valence-electron chi connectivity index (χ3n) is 2.15. The van der Waals surface area contributed by atoms with Gasteiger partial charge in [0, 0.05) is 12.1 Å². The summed E-state index contributed by atoms with van der Waals surface area (Å²) in [5.41, 5.74) is 3.25. The Morgan fingerprint density at radius 2 is 2.21 bits per heavy atom. The van der Waals surface area contributed by atoms with E-state index in [1.165, 1.54) is 11.1 Å². The monoisotopic (exact) mass is 212 g/mol. The third kappa shape index (κ3) is 2.58. The van der Waals surface area contributed by atoms with Crippen molar-refractivity contribution in [2.45, 2.75) is 12.5 Å². The summed E-state index contributed by atoms with van der Waals surface area (Å²) in [6, 6.07) is 8.51. The molecule has 1 aliphatic carbocycles. The van der Waals surface area contributed by atoms with Gasteiger partial charge in [-0.15, -0.1) is 0 Å². The third-order valence-corrected chi connectivity index (χ3v) is 3.37. The van der Waals surface area contributed by atoms with Crippen LogP contribution in [0.15, 0.2) is 30.3 Å². The molecule has 0 aliphatic heterocycles. The van der Waals surface area contributed by atoms with Gasteiger partial charge in [0.25, 0.3) is 0 Å². The Morgan fingerprint density at radius 3 is 3.00 bits per heavy atom. The van der Waals surface area contributed by atoms with E-state index in [2.05, 4.69) is 36.4 Å². The van der Waals surface area contributed by atoms with E-state index in [1.807, 2.05) is 6.92 Å². The fourth-order valence-corrected chi connectivity index (χ4v) is 2.44. The van der Waals surface area contributed by atoms with E-state index in [9.17, 15) is 0 Å². The van der Waals surface area contributed by atoms with Gasteiger partial charge in [-0.25, -0.2) is 0 Å². The molecule has 1 aromatic rings. The van der Waals surface area contributed by atoms with Gasteiger partial charge in [-0.05, 0) is 18.1 Å². The predicted molar refractivity (Wildman–Crippen MR) is 56.7 cm³/mol. The summed E-state index contributed by atoms with van der Waals surface area (Å²) < 4.78 is 5.45. The molecule has 0 saturated heterocycles. The molecule has 2 rings (SSSR count). The summed E-state index contributed by atoms with van der Waals surface area (Å²) >= 11 is 0. The van der Waals surface area contributed by atoms with Gasteiger partial charge in [0.05, 0.1) is 0 Å². The van der Waals surface area contributed by atoms with Gasteiger partial charge in [0.1, 0.15) is 0 Å².